The highest BCUT2D eigenvalue weighted by molar-refractivity contribution is 6.31. The third kappa shape index (κ3) is 4.44. The van der Waals surface area contributed by atoms with E-state index < -0.39 is 11.9 Å². The first-order valence-electron chi connectivity index (χ1n) is 5.30. The first-order valence-corrected chi connectivity index (χ1v) is 5.30. The molecule has 0 N–H and O–H groups in total. The topological polar surface area (TPSA) is 52.6 Å². The van der Waals surface area contributed by atoms with Crippen LogP contribution in [0.15, 0.2) is 60.7 Å². The minimum atomic E-state index is -1.05. The lowest BCUT2D eigenvalue weighted by Gasteiger charge is -2.04. The highest BCUT2D eigenvalue weighted by atomic mass is 35.5. The molecule has 0 heterocycles. The van der Waals surface area contributed by atoms with Crippen LogP contribution in [0.3, 0.4) is 0 Å². The number of carbonyl (C=O) groups excluding carboxylic acids is 2. The Balaban J connectivity index is 0.00000180. The SMILES string of the molecule is Cl.O=C(Oc1ccccc1)C(=O)Oc1ccccc1. The molecular weight excluding hydrogens is 268 g/mol. The fourth-order valence-corrected chi connectivity index (χ4v) is 1.27. The minimum absolute atomic E-state index is 0. The van der Waals surface area contributed by atoms with Gasteiger partial charge in [-0.05, 0) is 24.3 Å². The quantitative estimate of drug-likeness (QED) is 0.481. The van der Waals surface area contributed by atoms with Crippen molar-refractivity contribution in [1.29, 1.82) is 0 Å². The van der Waals surface area contributed by atoms with E-state index >= 15 is 0 Å². The summed E-state index contributed by atoms with van der Waals surface area (Å²) in [5.74, 6) is -1.50. The maximum atomic E-state index is 11.4. The molecule has 2 rings (SSSR count). The van der Waals surface area contributed by atoms with Crippen molar-refractivity contribution < 1.29 is 19.1 Å². The van der Waals surface area contributed by atoms with Gasteiger partial charge in [0.2, 0.25) is 0 Å². The summed E-state index contributed by atoms with van der Waals surface area (Å²) >= 11 is 0. The van der Waals surface area contributed by atoms with Crippen LogP contribution in [0.5, 0.6) is 11.5 Å². The maximum Gasteiger partial charge on any atom is 0.423 e. The Morgan fingerprint density at radius 1 is 0.632 bits per heavy atom. The van der Waals surface area contributed by atoms with Gasteiger partial charge in [-0.2, -0.15) is 0 Å². The number of ether oxygens (including phenoxy) is 2. The molecule has 0 aliphatic heterocycles. The summed E-state index contributed by atoms with van der Waals surface area (Å²) in [4.78, 5) is 22.8. The van der Waals surface area contributed by atoms with Crippen LogP contribution in [0.2, 0.25) is 0 Å². The molecule has 0 aliphatic carbocycles. The molecule has 0 aromatic heterocycles. The molecule has 2 aromatic rings. The normalized spacial score (nSPS) is 9.05. The van der Waals surface area contributed by atoms with E-state index in [0.29, 0.717) is 11.5 Å². The molecule has 5 heteroatoms. The Bertz CT molecular complexity index is 488. The zero-order valence-electron chi connectivity index (χ0n) is 9.81. The number of carbonyl (C=O) groups is 2. The zero-order valence-corrected chi connectivity index (χ0v) is 10.6. The van der Waals surface area contributed by atoms with E-state index in [9.17, 15) is 9.59 Å². The Hall–Kier alpha value is -2.33. The van der Waals surface area contributed by atoms with Gasteiger partial charge in [-0.15, -0.1) is 12.4 Å². The summed E-state index contributed by atoms with van der Waals surface area (Å²) in [5, 5.41) is 0. The van der Waals surface area contributed by atoms with Gasteiger partial charge >= 0.3 is 11.9 Å². The van der Waals surface area contributed by atoms with Crippen LogP contribution >= 0.6 is 12.4 Å². The standard InChI is InChI=1S/C14H10O4.ClH/c15-13(17-11-7-3-1-4-8-11)14(16)18-12-9-5-2-6-10-12;/h1-10H;1H. The van der Waals surface area contributed by atoms with Crippen molar-refractivity contribution >= 4 is 24.3 Å². The van der Waals surface area contributed by atoms with Gasteiger partial charge in [0.05, 0.1) is 0 Å². The molecular formula is C14H11ClO4. The Kier molecular flexibility index (Phi) is 5.57. The van der Waals surface area contributed by atoms with E-state index in [2.05, 4.69) is 0 Å². The number of halogens is 1. The molecule has 0 unspecified atom stereocenters. The molecule has 2 aromatic carbocycles. The molecule has 0 fully saturated rings. The first kappa shape index (κ1) is 14.7. The molecule has 0 saturated carbocycles. The summed E-state index contributed by atoms with van der Waals surface area (Å²) in [5.41, 5.74) is 0. The van der Waals surface area contributed by atoms with Crippen LogP contribution in [0.1, 0.15) is 0 Å². The van der Waals surface area contributed by atoms with Crippen molar-refractivity contribution in [1.82, 2.24) is 0 Å². The number of para-hydroxylation sites is 2. The summed E-state index contributed by atoms with van der Waals surface area (Å²) in [6.07, 6.45) is 0. The fourth-order valence-electron chi connectivity index (χ4n) is 1.27. The monoisotopic (exact) mass is 278 g/mol. The van der Waals surface area contributed by atoms with Gasteiger partial charge < -0.3 is 9.47 Å². The van der Waals surface area contributed by atoms with Crippen molar-refractivity contribution in [2.75, 3.05) is 0 Å². The van der Waals surface area contributed by atoms with Crippen LogP contribution < -0.4 is 9.47 Å². The lowest BCUT2D eigenvalue weighted by molar-refractivity contribution is -0.156. The summed E-state index contributed by atoms with van der Waals surface area (Å²) in [7, 11) is 0. The second-order valence-corrected chi connectivity index (χ2v) is 3.41. The van der Waals surface area contributed by atoms with Crippen molar-refractivity contribution in [3.63, 3.8) is 0 Å². The predicted molar refractivity (Wildman–Crippen MR) is 71.4 cm³/mol. The molecule has 0 atom stereocenters. The van der Waals surface area contributed by atoms with Crippen LogP contribution in [0.4, 0.5) is 0 Å². The largest absolute Gasteiger partial charge is 0.423 e. The van der Waals surface area contributed by atoms with Gasteiger partial charge in [0.25, 0.3) is 0 Å². The van der Waals surface area contributed by atoms with Crippen LogP contribution in [0.25, 0.3) is 0 Å². The van der Waals surface area contributed by atoms with Gasteiger partial charge in [0.1, 0.15) is 11.5 Å². The number of benzene rings is 2. The fraction of sp³-hybridized carbons (Fsp3) is 0. The summed E-state index contributed by atoms with van der Waals surface area (Å²) < 4.78 is 9.67. The van der Waals surface area contributed by atoms with E-state index in [-0.39, 0.29) is 12.4 Å². The molecule has 0 spiro atoms. The second-order valence-electron chi connectivity index (χ2n) is 3.41. The molecule has 0 saturated heterocycles. The van der Waals surface area contributed by atoms with Gasteiger partial charge in [-0.25, -0.2) is 9.59 Å². The van der Waals surface area contributed by atoms with Crippen molar-refractivity contribution in [2.45, 2.75) is 0 Å². The molecule has 4 nitrogen and oxygen atoms in total. The number of rotatable bonds is 2. The van der Waals surface area contributed by atoms with Gasteiger partial charge in [-0.1, -0.05) is 36.4 Å². The van der Waals surface area contributed by atoms with Gasteiger partial charge in [-0.3, -0.25) is 0 Å². The van der Waals surface area contributed by atoms with Crippen LogP contribution in [-0.2, 0) is 9.59 Å². The van der Waals surface area contributed by atoms with Crippen molar-refractivity contribution in [3.8, 4) is 11.5 Å². The number of hydrogen-bond acceptors (Lipinski definition) is 4. The Labute approximate surface area is 116 Å². The molecule has 0 bridgehead atoms. The van der Waals surface area contributed by atoms with Crippen LogP contribution in [-0.4, -0.2) is 11.9 Å². The Morgan fingerprint density at radius 3 is 1.26 bits per heavy atom. The summed E-state index contributed by atoms with van der Waals surface area (Å²) in [6, 6.07) is 16.7. The summed E-state index contributed by atoms with van der Waals surface area (Å²) in [6.45, 7) is 0. The smallest absolute Gasteiger partial charge is 0.418 e. The molecule has 19 heavy (non-hydrogen) atoms. The number of hydrogen-bond donors (Lipinski definition) is 0. The van der Waals surface area contributed by atoms with E-state index in [1.54, 1.807) is 60.7 Å². The maximum absolute atomic E-state index is 11.4. The van der Waals surface area contributed by atoms with E-state index in [1.807, 2.05) is 0 Å². The van der Waals surface area contributed by atoms with Gasteiger partial charge in [0, 0.05) is 0 Å². The molecule has 0 amide bonds. The second kappa shape index (κ2) is 7.18. The van der Waals surface area contributed by atoms with E-state index in [1.165, 1.54) is 0 Å². The average Bonchev–Trinajstić information content (AvgIpc) is 2.41. The van der Waals surface area contributed by atoms with E-state index in [4.69, 9.17) is 9.47 Å². The minimum Gasteiger partial charge on any atom is -0.418 e. The highest BCUT2D eigenvalue weighted by Gasteiger charge is 2.18. The van der Waals surface area contributed by atoms with Crippen LogP contribution in [0, 0.1) is 0 Å². The van der Waals surface area contributed by atoms with Crippen molar-refractivity contribution in [2.24, 2.45) is 0 Å². The third-order valence-corrected chi connectivity index (χ3v) is 2.07. The molecule has 0 aliphatic rings. The highest BCUT2D eigenvalue weighted by Crippen LogP contribution is 2.11. The Morgan fingerprint density at radius 2 is 0.947 bits per heavy atom. The average molecular weight is 279 g/mol. The van der Waals surface area contributed by atoms with Gasteiger partial charge in [0.15, 0.2) is 0 Å². The molecule has 98 valence electrons. The molecule has 0 radical (unpaired) electrons. The van der Waals surface area contributed by atoms with Crippen molar-refractivity contribution in [3.05, 3.63) is 60.7 Å². The predicted octanol–water partition coefficient (Wildman–Crippen LogP) is 2.62. The number of esters is 2. The zero-order chi connectivity index (χ0) is 12.8. The third-order valence-electron chi connectivity index (χ3n) is 2.07. The lowest BCUT2D eigenvalue weighted by Crippen LogP contribution is -2.25. The van der Waals surface area contributed by atoms with E-state index in [0.717, 1.165) is 0 Å². The lowest BCUT2D eigenvalue weighted by atomic mass is 10.3. The first-order chi connectivity index (χ1) is 8.75.